The minimum absolute atomic E-state index is 0. The summed E-state index contributed by atoms with van der Waals surface area (Å²) >= 11 is 5.98. The zero-order chi connectivity index (χ0) is 14.0. The molecule has 1 atom stereocenters. The maximum absolute atomic E-state index is 12.4. The first-order valence-electron chi connectivity index (χ1n) is 6.96. The van der Waals surface area contributed by atoms with E-state index in [-0.39, 0.29) is 23.9 Å². The third kappa shape index (κ3) is 3.03. The summed E-state index contributed by atoms with van der Waals surface area (Å²) < 4.78 is 0. The smallest absolute Gasteiger partial charge is 0.150 e. The van der Waals surface area contributed by atoms with Crippen molar-refractivity contribution < 1.29 is 4.79 Å². The van der Waals surface area contributed by atoms with Crippen molar-refractivity contribution in [3.63, 3.8) is 0 Å². The van der Waals surface area contributed by atoms with Gasteiger partial charge in [0.1, 0.15) is 0 Å². The lowest BCUT2D eigenvalue weighted by Crippen LogP contribution is -2.56. The van der Waals surface area contributed by atoms with Gasteiger partial charge in [-0.15, -0.1) is 12.4 Å². The molecule has 1 aromatic carbocycles. The van der Waals surface area contributed by atoms with Crippen LogP contribution in [0.1, 0.15) is 38.2 Å². The number of halogens is 2. The van der Waals surface area contributed by atoms with Gasteiger partial charge < -0.3 is 0 Å². The number of ketones is 1. The standard InChI is InChI=1S/C16H22ClNO.ClH/c1-4-14(19)15(18(2)3)16(10-5-11-16)12-6-8-13(17)9-7-12;/h6-9,15H,4-5,10-11H2,1-3H3;1H. The molecule has 0 saturated heterocycles. The van der Waals surface area contributed by atoms with Crippen LogP contribution in [0.4, 0.5) is 0 Å². The quantitative estimate of drug-likeness (QED) is 0.815. The molecule has 0 bridgehead atoms. The Labute approximate surface area is 132 Å². The molecule has 1 saturated carbocycles. The van der Waals surface area contributed by atoms with Crippen LogP contribution in [0.25, 0.3) is 0 Å². The maximum atomic E-state index is 12.4. The van der Waals surface area contributed by atoms with Crippen molar-refractivity contribution >= 4 is 29.8 Å². The van der Waals surface area contributed by atoms with E-state index < -0.39 is 0 Å². The SMILES string of the molecule is CCC(=O)C(N(C)C)C1(c2ccc(Cl)cc2)CCC1.Cl. The van der Waals surface area contributed by atoms with Gasteiger partial charge in [-0.2, -0.15) is 0 Å². The van der Waals surface area contributed by atoms with Gasteiger partial charge in [0.25, 0.3) is 0 Å². The Morgan fingerprint density at radius 3 is 2.20 bits per heavy atom. The van der Waals surface area contributed by atoms with E-state index in [9.17, 15) is 4.79 Å². The lowest BCUT2D eigenvalue weighted by Gasteiger charge is -2.50. The van der Waals surface area contributed by atoms with Crippen LogP contribution in [0.2, 0.25) is 5.02 Å². The molecule has 0 amide bonds. The highest BCUT2D eigenvalue weighted by molar-refractivity contribution is 6.30. The van der Waals surface area contributed by atoms with Gasteiger partial charge >= 0.3 is 0 Å². The topological polar surface area (TPSA) is 20.3 Å². The molecule has 1 unspecified atom stereocenters. The molecule has 2 rings (SSSR count). The van der Waals surface area contributed by atoms with Crippen molar-refractivity contribution in [2.24, 2.45) is 0 Å². The van der Waals surface area contributed by atoms with Crippen molar-refractivity contribution in [1.29, 1.82) is 0 Å². The molecule has 112 valence electrons. The van der Waals surface area contributed by atoms with Crippen LogP contribution < -0.4 is 0 Å². The predicted molar refractivity (Wildman–Crippen MR) is 87.0 cm³/mol. The van der Waals surface area contributed by atoms with Gasteiger partial charge in [0.05, 0.1) is 6.04 Å². The fraction of sp³-hybridized carbons (Fsp3) is 0.562. The van der Waals surface area contributed by atoms with Crippen molar-refractivity contribution in [2.75, 3.05) is 14.1 Å². The number of nitrogens with zero attached hydrogens (tertiary/aromatic N) is 1. The fourth-order valence-corrected chi connectivity index (χ4v) is 3.47. The summed E-state index contributed by atoms with van der Waals surface area (Å²) in [6.45, 7) is 1.95. The molecular weight excluding hydrogens is 293 g/mol. The molecular formula is C16H23Cl2NO. The lowest BCUT2D eigenvalue weighted by molar-refractivity contribution is -0.127. The number of benzene rings is 1. The molecule has 0 spiro atoms. The highest BCUT2D eigenvalue weighted by Gasteiger charge is 2.48. The summed E-state index contributed by atoms with van der Waals surface area (Å²) in [6.07, 6.45) is 3.97. The van der Waals surface area contributed by atoms with Gasteiger partial charge in [-0.05, 0) is 44.6 Å². The Morgan fingerprint density at radius 1 is 1.30 bits per heavy atom. The van der Waals surface area contributed by atoms with Gasteiger partial charge in [-0.25, -0.2) is 0 Å². The summed E-state index contributed by atoms with van der Waals surface area (Å²) in [4.78, 5) is 14.4. The van der Waals surface area contributed by atoms with Crippen LogP contribution in [0.15, 0.2) is 24.3 Å². The minimum atomic E-state index is -0.0209. The molecule has 0 aromatic heterocycles. The Bertz CT molecular complexity index is 452. The Hall–Kier alpha value is -0.570. The van der Waals surface area contributed by atoms with Crippen LogP contribution in [-0.4, -0.2) is 30.8 Å². The molecule has 1 aromatic rings. The first-order valence-corrected chi connectivity index (χ1v) is 7.34. The first-order chi connectivity index (χ1) is 9.01. The van der Waals surface area contributed by atoms with Crippen molar-refractivity contribution in [3.8, 4) is 0 Å². The van der Waals surface area contributed by atoms with E-state index in [1.54, 1.807) is 0 Å². The van der Waals surface area contributed by atoms with E-state index >= 15 is 0 Å². The van der Waals surface area contributed by atoms with Crippen molar-refractivity contribution in [3.05, 3.63) is 34.9 Å². The van der Waals surface area contributed by atoms with Crippen LogP contribution in [0, 0.1) is 0 Å². The number of carbonyl (C=O) groups is 1. The zero-order valence-corrected chi connectivity index (χ0v) is 13.9. The molecule has 0 aliphatic heterocycles. The van der Waals surface area contributed by atoms with Gasteiger partial charge in [0.15, 0.2) is 5.78 Å². The maximum Gasteiger partial charge on any atom is 0.150 e. The van der Waals surface area contributed by atoms with Crippen molar-refractivity contribution in [1.82, 2.24) is 4.90 Å². The average Bonchev–Trinajstić information content (AvgIpc) is 2.33. The first kappa shape index (κ1) is 17.5. The largest absolute Gasteiger partial charge is 0.299 e. The van der Waals surface area contributed by atoms with Gasteiger partial charge in [0, 0.05) is 16.9 Å². The van der Waals surface area contributed by atoms with E-state index in [1.807, 2.05) is 33.2 Å². The van der Waals surface area contributed by atoms with E-state index in [1.165, 1.54) is 12.0 Å². The molecule has 1 aliphatic rings. The van der Waals surface area contributed by atoms with Gasteiger partial charge in [-0.3, -0.25) is 9.69 Å². The number of hydrogen-bond acceptors (Lipinski definition) is 2. The normalized spacial score (nSPS) is 18.1. The van der Waals surface area contributed by atoms with Crippen LogP contribution in [0.5, 0.6) is 0 Å². The average molecular weight is 316 g/mol. The molecule has 2 nitrogen and oxygen atoms in total. The summed E-state index contributed by atoms with van der Waals surface area (Å²) in [7, 11) is 4.02. The summed E-state index contributed by atoms with van der Waals surface area (Å²) in [5, 5.41) is 0.751. The second-order valence-corrected chi connectivity index (χ2v) is 6.14. The highest BCUT2D eigenvalue weighted by atomic mass is 35.5. The van der Waals surface area contributed by atoms with E-state index in [0.717, 1.165) is 17.9 Å². The van der Waals surface area contributed by atoms with E-state index in [4.69, 9.17) is 11.6 Å². The fourth-order valence-electron chi connectivity index (χ4n) is 3.34. The van der Waals surface area contributed by atoms with Crippen LogP contribution in [0.3, 0.4) is 0 Å². The van der Waals surface area contributed by atoms with Crippen LogP contribution >= 0.6 is 24.0 Å². The van der Waals surface area contributed by atoms with Crippen molar-refractivity contribution in [2.45, 2.75) is 44.1 Å². The molecule has 4 heteroatoms. The Balaban J connectivity index is 0.00000200. The van der Waals surface area contributed by atoms with Crippen LogP contribution in [-0.2, 0) is 10.2 Å². The molecule has 1 aliphatic carbocycles. The summed E-state index contributed by atoms with van der Waals surface area (Å²) in [6, 6.07) is 8.01. The Morgan fingerprint density at radius 2 is 1.85 bits per heavy atom. The number of rotatable bonds is 5. The van der Waals surface area contributed by atoms with E-state index in [2.05, 4.69) is 17.0 Å². The van der Waals surface area contributed by atoms with Gasteiger partial charge in [0.2, 0.25) is 0 Å². The number of carbonyl (C=O) groups excluding carboxylic acids is 1. The number of hydrogen-bond donors (Lipinski definition) is 0. The second-order valence-electron chi connectivity index (χ2n) is 5.70. The number of likely N-dealkylation sites (N-methyl/N-ethyl adjacent to an activating group) is 1. The third-order valence-electron chi connectivity index (χ3n) is 4.36. The highest BCUT2D eigenvalue weighted by Crippen LogP contribution is 2.48. The summed E-state index contributed by atoms with van der Waals surface area (Å²) in [5.41, 5.74) is 1.24. The second kappa shape index (κ2) is 6.93. The van der Waals surface area contributed by atoms with Gasteiger partial charge in [-0.1, -0.05) is 37.1 Å². The lowest BCUT2D eigenvalue weighted by atomic mass is 9.58. The van der Waals surface area contributed by atoms with E-state index in [0.29, 0.717) is 12.2 Å². The number of Topliss-reactive ketones (excluding diaryl/α,β-unsaturated/α-hetero) is 1. The Kier molecular flexibility index (Phi) is 6.06. The summed E-state index contributed by atoms with van der Waals surface area (Å²) in [5.74, 6) is 0.333. The predicted octanol–water partition coefficient (Wildman–Crippen LogP) is 4.09. The third-order valence-corrected chi connectivity index (χ3v) is 4.61. The molecule has 20 heavy (non-hydrogen) atoms. The molecule has 0 radical (unpaired) electrons. The molecule has 1 fully saturated rings. The molecule has 0 N–H and O–H groups in total. The molecule has 0 heterocycles. The minimum Gasteiger partial charge on any atom is -0.299 e. The monoisotopic (exact) mass is 315 g/mol. The zero-order valence-electron chi connectivity index (χ0n) is 12.4.